The Morgan fingerprint density at radius 1 is 0.950 bits per heavy atom. The lowest BCUT2D eigenvalue weighted by molar-refractivity contribution is -0.156. The molecule has 0 fully saturated rings. The lowest BCUT2D eigenvalue weighted by atomic mass is 10.1. The summed E-state index contributed by atoms with van der Waals surface area (Å²) in [6, 6.07) is 21.1. The minimum Gasteiger partial charge on any atom is -0.468 e. The second-order valence-corrected chi connectivity index (χ2v) is 14.6. The molecule has 0 unspecified atom stereocenters. The summed E-state index contributed by atoms with van der Waals surface area (Å²) in [4.78, 5) is 22.3. The van der Waals surface area contributed by atoms with Gasteiger partial charge >= 0.3 is 5.97 Å². The predicted octanol–water partition coefficient (Wildman–Crippen LogP) is 8.36. The number of hydrogen-bond donors (Lipinski definition) is 0. The number of aryl methyl sites for hydroxylation is 2. The number of esters is 1. The highest BCUT2D eigenvalue weighted by Crippen LogP contribution is 2.35. The molecule has 0 atom stereocenters. The molecule has 7 heteroatoms. The first kappa shape index (κ1) is 30.1. The average Bonchev–Trinajstić information content (AvgIpc) is 3.48. The lowest BCUT2D eigenvalue weighted by Gasteiger charge is -2.28. The summed E-state index contributed by atoms with van der Waals surface area (Å²) in [6.45, 7) is 16.0. The monoisotopic (exact) mass is 576 g/mol. The summed E-state index contributed by atoms with van der Waals surface area (Å²) in [5.41, 5.74) is 4.35. The normalized spacial score (nSPS) is 12.2. The van der Waals surface area contributed by atoms with Crippen molar-refractivity contribution in [2.75, 3.05) is 0 Å². The topological polar surface area (TPSA) is 55.6 Å². The van der Waals surface area contributed by atoms with E-state index in [9.17, 15) is 4.79 Å². The molecule has 0 spiro atoms. The Hall–Kier alpha value is -2.87. The fraction of sp³-hybridized carbons (Fsp3) is 0.394. The molecule has 0 radical (unpaired) electrons. The van der Waals surface area contributed by atoms with E-state index in [4.69, 9.17) is 14.1 Å². The highest BCUT2D eigenvalue weighted by molar-refractivity contribution is 8.01. The fourth-order valence-corrected chi connectivity index (χ4v) is 6.49. The van der Waals surface area contributed by atoms with Crippen LogP contribution < -0.4 is 0 Å². The number of rotatable bonds is 11. The number of thioether (sulfide) groups is 1. The van der Waals surface area contributed by atoms with E-state index in [0.717, 1.165) is 40.9 Å². The zero-order chi connectivity index (χ0) is 28.9. The van der Waals surface area contributed by atoms with E-state index in [1.54, 1.807) is 17.6 Å². The maximum absolute atomic E-state index is 12.7. The fourth-order valence-electron chi connectivity index (χ4n) is 4.36. The van der Waals surface area contributed by atoms with Gasteiger partial charge in [-0.3, -0.25) is 9.69 Å². The predicted molar refractivity (Wildman–Crippen MR) is 165 cm³/mol. The number of aromatic nitrogens is 1. The molecule has 212 valence electrons. The van der Waals surface area contributed by atoms with E-state index < -0.39 is 10.3 Å². The summed E-state index contributed by atoms with van der Waals surface area (Å²) in [5.74, 6) is 0.730. The standard InChI is InChI=1S/C33H40N2O3S2/c1-23-10-8-11-26(18-23)19-30-34-24(2)29(39-30)22-35(21-27-12-9-17-37-27)20-25-13-15-28(16-14-25)40-33(6,7)31(36)38-32(3,4)5/h8-18H,19-22H2,1-7H3. The van der Waals surface area contributed by atoms with Crippen LogP contribution in [0.3, 0.4) is 0 Å². The van der Waals surface area contributed by atoms with Crippen LogP contribution in [0.5, 0.6) is 0 Å². The van der Waals surface area contributed by atoms with Crippen LogP contribution >= 0.6 is 23.1 Å². The third kappa shape index (κ3) is 8.82. The van der Waals surface area contributed by atoms with Gasteiger partial charge < -0.3 is 9.15 Å². The van der Waals surface area contributed by atoms with Crippen molar-refractivity contribution < 1.29 is 13.9 Å². The second-order valence-electron chi connectivity index (χ2n) is 11.8. The van der Waals surface area contributed by atoms with Crippen LogP contribution in [-0.2, 0) is 35.6 Å². The molecule has 2 heterocycles. The Kier molecular flexibility index (Phi) is 9.60. The van der Waals surface area contributed by atoms with Gasteiger partial charge in [0.15, 0.2) is 0 Å². The van der Waals surface area contributed by atoms with Crippen LogP contribution in [0.2, 0.25) is 0 Å². The van der Waals surface area contributed by atoms with Gasteiger partial charge in [0.2, 0.25) is 0 Å². The van der Waals surface area contributed by atoms with Gasteiger partial charge in [0.05, 0.1) is 23.5 Å². The van der Waals surface area contributed by atoms with Crippen LogP contribution in [0.4, 0.5) is 0 Å². The molecule has 0 aliphatic rings. The molecule has 0 aliphatic heterocycles. The maximum atomic E-state index is 12.7. The van der Waals surface area contributed by atoms with Crippen LogP contribution in [-0.4, -0.2) is 26.2 Å². The number of thiazole rings is 1. The Labute approximate surface area is 247 Å². The second kappa shape index (κ2) is 12.8. The van der Waals surface area contributed by atoms with Gasteiger partial charge in [-0.25, -0.2) is 4.98 Å². The van der Waals surface area contributed by atoms with Gasteiger partial charge in [0.1, 0.15) is 16.1 Å². The Balaban J connectivity index is 1.45. The summed E-state index contributed by atoms with van der Waals surface area (Å²) < 4.78 is 10.6. The highest BCUT2D eigenvalue weighted by atomic mass is 32.2. The number of furan rings is 1. The maximum Gasteiger partial charge on any atom is 0.322 e. The molecule has 0 amide bonds. The Morgan fingerprint density at radius 3 is 2.35 bits per heavy atom. The molecule has 4 aromatic rings. The average molecular weight is 577 g/mol. The van der Waals surface area contributed by atoms with Crippen molar-refractivity contribution in [1.82, 2.24) is 9.88 Å². The van der Waals surface area contributed by atoms with Gasteiger partial charge in [-0.2, -0.15) is 0 Å². The third-order valence-electron chi connectivity index (χ3n) is 6.29. The molecule has 0 saturated heterocycles. The first-order valence-corrected chi connectivity index (χ1v) is 15.3. The van der Waals surface area contributed by atoms with E-state index in [2.05, 4.69) is 67.3 Å². The van der Waals surface area contributed by atoms with Crippen molar-refractivity contribution in [3.05, 3.63) is 105 Å². The minimum absolute atomic E-state index is 0.208. The van der Waals surface area contributed by atoms with Crippen LogP contribution in [0.25, 0.3) is 0 Å². The lowest BCUT2D eigenvalue weighted by Crippen LogP contribution is -2.36. The van der Waals surface area contributed by atoms with Gasteiger partial charge in [-0.1, -0.05) is 42.0 Å². The zero-order valence-corrected chi connectivity index (χ0v) is 26.2. The molecule has 0 bridgehead atoms. The van der Waals surface area contributed by atoms with E-state index in [0.29, 0.717) is 6.54 Å². The van der Waals surface area contributed by atoms with Crippen molar-refractivity contribution in [1.29, 1.82) is 0 Å². The Bertz CT molecular complexity index is 1400. The molecule has 2 aromatic carbocycles. The van der Waals surface area contributed by atoms with Crippen LogP contribution in [0.1, 0.15) is 72.6 Å². The van der Waals surface area contributed by atoms with Crippen LogP contribution in [0.15, 0.2) is 76.2 Å². The van der Waals surface area contributed by atoms with E-state index in [-0.39, 0.29) is 5.97 Å². The minimum atomic E-state index is -0.681. The number of ether oxygens (including phenoxy) is 1. The summed E-state index contributed by atoms with van der Waals surface area (Å²) in [5, 5.41) is 1.14. The van der Waals surface area contributed by atoms with Crippen molar-refractivity contribution in [2.45, 2.75) is 89.8 Å². The molecular weight excluding hydrogens is 537 g/mol. The quantitative estimate of drug-likeness (QED) is 0.132. The molecule has 0 saturated carbocycles. The number of carbonyl (C=O) groups excluding carboxylic acids is 1. The van der Waals surface area contributed by atoms with Crippen molar-refractivity contribution in [2.24, 2.45) is 0 Å². The van der Waals surface area contributed by atoms with E-state index >= 15 is 0 Å². The molecule has 0 N–H and O–H groups in total. The highest BCUT2D eigenvalue weighted by Gasteiger charge is 2.33. The molecule has 4 rings (SSSR count). The Morgan fingerprint density at radius 2 is 1.70 bits per heavy atom. The summed E-state index contributed by atoms with van der Waals surface area (Å²) in [6.07, 6.45) is 2.58. The van der Waals surface area contributed by atoms with Crippen molar-refractivity contribution >= 4 is 29.1 Å². The first-order valence-electron chi connectivity index (χ1n) is 13.6. The van der Waals surface area contributed by atoms with Crippen LogP contribution in [0, 0.1) is 13.8 Å². The van der Waals surface area contributed by atoms with E-state index in [1.165, 1.54) is 33.3 Å². The third-order valence-corrected chi connectivity index (χ3v) is 8.62. The molecule has 0 aliphatic carbocycles. The number of nitrogens with zero attached hydrogens (tertiary/aromatic N) is 2. The molecule has 2 aromatic heterocycles. The largest absolute Gasteiger partial charge is 0.468 e. The van der Waals surface area contributed by atoms with Gasteiger partial charge in [0, 0.05) is 29.3 Å². The summed E-state index contributed by atoms with van der Waals surface area (Å²) >= 11 is 3.32. The molecular formula is C33H40N2O3S2. The van der Waals surface area contributed by atoms with Gasteiger partial charge in [-0.15, -0.1) is 23.1 Å². The van der Waals surface area contributed by atoms with Gasteiger partial charge in [0.25, 0.3) is 0 Å². The SMILES string of the molecule is Cc1cccc(Cc2nc(C)c(CN(Cc3ccc(SC(C)(C)C(=O)OC(C)(C)C)cc3)Cc3ccco3)s2)c1. The molecule has 5 nitrogen and oxygen atoms in total. The number of carbonyl (C=O) groups is 1. The number of hydrogen-bond acceptors (Lipinski definition) is 7. The van der Waals surface area contributed by atoms with Crippen molar-refractivity contribution in [3.8, 4) is 0 Å². The number of benzene rings is 2. The van der Waals surface area contributed by atoms with Gasteiger partial charge in [-0.05, 0) is 83.9 Å². The van der Waals surface area contributed by atoms with E-state index in [1.807, 2.05) is 46.8 Å². The van der Waals surface area contributed by atoms with Crippen molar-refractivity contribution in [3.63, 3.8) is 0 Å². The molecule has 40 heavy (non-hydrogen) atoms. The summed E-state index contributed by atoms with van der Waals surface area (Å²) in [7, 11) is 0. The first-order chi connectivity index (χ1) is 18.9. The zero-order valence-electron chi connectivity index (χ0n) is 24.6. The smallest absolute Gasteiger partial charge is 0.322 e.